The minimum atomic E-state index is -0.257. The second kappa shape index (κ2) is 7.00. The first kappa shape index (κ1) is 16.9. The molecule has 4 aromatic rings. The van der Waals surface area contributed by atoms with Crippen LogP contribution >= 0.6 is 0 Å². The zero-order valence-corrected chi connectivity index (χ0v) is 15.3. The zero-order chi connectivity index (χ0) is 18.8. The first-order chi connectivity index (χ1) is 13.1. The summed E-state index contributed by atoms with van der Waals surface area (Å²) in [5, 5.41) is 7.06. The molecule has 0 aliphatic rings. The maximum Gasteiger partial charge on any atom is 0.323 e. The van der Waals surface area contributed by atoms with Gasteiger partial charge in [-0.05, 0) is 49.2 Å². The van der Waals surface area contributed by atoms with Crippen molar-refractivity contribution in [1.29, 1.82) is 0 Å². The van der Waals surface area contributed by atoms with Gasteiger partial charge in [0, 0.05) is 27.8 Å². The number of benzene rings is 3. The van der Waals surface area contributed by atoms with E-state index >= 15 is 0 Å². The van der Waals surface area contributed by atoms with Crippen LogP contribution in [0.15, 0.2) is 72.8 Å². The molecule has 0 unspecified atom stereocenters. The molecule has 1 aromatic heterocycles. The molecule has 27 heavy (non-hydrogen) atoms. The summed E-state index contributed by atoms with van der Waals surface area (Å²) in [6, 6.07) is 23.8. The van der Waals surface area contributed by atoms with Crippen molar-refractivity contribution < 1.29 is 4.79 Å². The van der Waals surface area contributed by atoms with E-state index < -0.39 is 0 Å². The number of hydrogen-bond acceptors (Lipinski definition) is 1. The average molecular weight is 355 g/mol. The van der Waals surface area contributed by atoms with E-state index in [4.69, 9.17) is 0 Å². The van der Waals surface area contributed by atoms with Crippen LogP contribution in [0.1, 0.15) is 11.1 Å². The Hall–Kier alpha value is -3.53. The van der Waals surface area contributed by atoms with Gasteiger partial charge < -0.3 is 15.6 Å². The molecule has 0 saturated heterocycles. The van der Waals surface area contributed by atoms with Crippen molar-refractivity contribution >= 4 is 28.3 Å². The topological polar surface area (TPSA) is 56.9 Å². The number of aromatic amines is 1. The third-order valence-corrected chi connectivity index (χ3v) is 4.64. The van der Waals surface area contributed by atoms with E-state index in [9.17, 15) is 4.79 Å². The molecule has 4 rings (SSSR count). The summed E-state index contributed by atoms with van der Waals surface area (Å²) >= 11 is 0. The van der Waals surface area contributed by atoms with Crippen LogP contribution in [-0.2, 0) is 0 Å². The van der Waals surface area contributed by atoms with Crippen molar-refractivity contribution in [3.63, 3.8) is 0 Å². The molecule has 1 heterocycles. The predicted molar refractivity (Wildman–Crippen MR) is 112 cm³/mol. The molecular formula is C23H21N3O. The largest absolute Gasteiger partial charge is 0.354 e. The highest BCUT2D eigenvalue weighted by atomic mass is 16.2. The minimum Gasteiger partial charge on any atom is -0.354 e. The number of carbonyl (C=O) groups is 1. The Morgan fingerprint density at radius 2 is 1.56 bits per heavy atom. The SMILES string of the molecule is Cc1ccc(C)c(NC(=O)Nc2ccccc2-c2cc3ccccc3[nH]2)c1. The van der Waals surface area contributed by atoms with Crippen molar-refractivity contribution in [1.82, 2.24) is 4.98 Å². The van der Waals surface area contributed by atoms with Crippen LogP contribution in [0.25, 0.3) is 22.2 Å². The molecule has 0 aliphatic heterocycles. The van der Waals surface area contributed by atoms with E-state index in [1.165, 1.54) is 0 Å². The van der Waals surface area contributed by atoms with E-state index in [1.54, 1.807) is 0 Å². The summed E-state index contributed by atoms with van der Waals surface area (Å²) in [6.45, 7) is 3.99. The van der Waals surface area contributed by atoms with Gasteiger partial charge in [-0.1, -0.05) is 48.5 Å². The van der Waals surface area contributed by atoms with Crippen LogP contribution in [0.4, 0.5) is 16.2 Å². The van der Waals surface area contributed by atoms with Crippen LogP contribution in [0, 0.1) is 13.8 Å². The maximum absolute atomic E-state index is 12.6. The van der Waals surface area contributed by atoms with Gasteiger partial charge >= 0.3 is 6.03 Å². The van der Waals surface area contributed by atoms with Crippen molar-refractivity contribution in [2.45, 2.75) is 13.8 Å². The fraction of sp³-hybridized carbons (Fsp3) is 0.0870. The lowest BCUT2D eigenvalue weighted by atomic mass is 10.1. The first-order valence-electron chi connectivity index (χ1n) is 8.92. The van der Waals surface area contributed by atoms with Crippen LogP contribution in [0.2, 0.25) is 0 Å². The molecule has 4 nitrogen and oxygen atoms in total. The van der Waals surface area contributed by atoms with Crippen LogP contribution < -0.4 is 10.6 Å². The lowest BCUT2D eigenvalue weighted by Gasteiger charge is -2.13. The molecule has 3 aromatic carbocycles. The van der Waals surface area contributed by atoms with Crippen molar-refractivity contribution in [3.05, 3.63) is 83.9 Å². The third-order valence-electron chi connectivity index (χ3n) is 4.64. The van der Waals surface area contributed by atoms with Gasteiger partial charge in [0.25, 0.3) is 0 Å². The monoisotopic (exact) mass is 355 g/mol. The Morgan fingerprint density at radius 3 is 2.41 bits per heavy atom. The van der Waals surface area contributed by atoms with E-state index in [2.05, 4.69) is 27.8 Å². The van der Waals surface area contributed by atoms with Crippen molar-refractivity contribution in [3.8, 4) is 11.3 Å². The van der Waals surface area contributed by atoms with Gasteiger partial charge in [-0.2, -0.15) is 0 Å². The average Bonchev–Trinajstić information content (AvgIpc) is 3.09. The smallest absolute Gasteiger partial charge is 0.323 e. The third kappa shape index (κ3) is 3.55. The summed E-state index contributed by atoms with van der Waals surface area (Å²) in [6.07, 6.45) is 0. The quantitative estimate of drug-likeness (QED) is 0.409. The number of nitrogens with one attached hydrogen (secondary N) is 3. The molecule has 0 saturated carbocycles. The Labute approximate surface area is 158 Å². The molecule has 0 atom stereocenters. The second-order valence-electron chi connectivity index (χ2n) is 6.71. The van der Waals surface area contributed by atoms with Crippen molar-refractivity contribution in [2.24, 2.45) is 0 Å². The molecular weight excluding hydrogens is 334 g/mol. The standard InChI is InChI=1S/C23H21N3O/c1-15-11-12-16(2)21(13-15)26-23(27)25-20-10-6-4-8-18(20)22-14-17-7-3-5-9-19(17)24-22/h3-14,24H,1-2H3,(H2,25,26,27). The number of carbonyl (C=O) groups excluding carboxylic acids is 1. The van der Waals surface area contributed by atoms with Gasteiger partial charge in [0.2, 0.25) is 0 Å². The Kier molecular flexibility index (Phi) is 4.38. The number of H-pyrrole nitrogens is 1. The predicted octanol–water partition coefficient (Wildman–Crippen LogP) is 6.10. The first-order valence-corrected chi connectivity index (χ1v) is 8.92. The molecule has 134 valence electrons. The summed E-state index contributed by atoms with van der Waals surface area (Å²) in [4.78, 5) is 16.0. The lowest BCUT2D eigenvalue weighted by Crippen LogP contribution is -2.20. The highest BCUT2D eigenvalue weighted by molar-refractivity contribution is 6.03. The maximum atomic E-state index is 12.6. The fourth-order valence-corrected chi connectivity index (χ4v) is 3.19. The molecule has 3 N–H and O–H groups in total. The van der Waals surface area contributed by atoms with E-state index in [-0.39, 0.29) is 6.03 Å². The highest BCUT2D eigenvalue weighted by Crippen LogP contribution is 2.30. The number of aryl methyl sites for hydroxylation is 2. The molecule has 0 bridgehead atoms. The molecule has 0 radical (unpaired) electrons. The van der Waals surface area contributed by atoms with Crippen LogP contribution in [0.5, 0.6) is 0 Å². The van der Waals surface area contributed by atoms with Gasteiger partial charge in [-0.3, -0.25) is 0 Å². The molecule has 0 aliphatic carbocycles. The number of aromatic nitrogens is 1. The van der Waals surface area contributed by atoms with E-state index in [0.717, 1.165) is 44.7 Å². The fourth-order valence-electron chi connectivity index (χ4n) is 3.19. The Balaban J connectivity index is 1.61. The zero-order valence-electron chi connectivity index (χ0n) is 15.3. The van der Waals surface area contributed by atoms with Gasteiger partial charge in [0.15, 0.2) is 0 Å². The van der Waals surface area contributed by atoms with Crippen LogP contribution in [0.3, 0.4) is 0 Å². The molecule has 0 fully saturated rings. The normalized spacial score (nSPS) is 10.7. The summed E-state index contributed by atoms with van der Waals surface area (Å²) in [5.41, 5.74) is 6.70. The molecule has 0 spiro atoms. The van der Waals surface area contributed by atoms with Crippen LogP contribution in [-0.4, -0.2) is 11.0 Å². The number of fused-ring (bicyclic) bond motifs is 1. The van der Waals surface area contributed by atoms with Gasteiger partial charge in [-0.15, -0.1) is 0 Å². The number of para-hydroxylation sites is 2. The number of anilines is 2. The van der Waals surface area contributed by atoms with E-state index in [0.29, 0.717) is 0 Å². The Bertz CT molecular complexity index is 1090. The number of rotatable bonds is 3. The number of urea groups is 1. The summed E-state index contributed by atoms with van der Waals surface area (Å²) in [5.74, 6) is 0. The molecule has 4 heteroatoms. The van der Waals surface area contributed by atoms with Gasteiger partial charge in [0.05, 0.1) is 5.69 Å². The lowest BCUT2D eigenvalue weighted by molar-refractivity contribution is 0.262. The minimum absolute atomic E-state index is 0.257. The van der Waals surface area contributed by atoms with Gasteiger partial charge in [0.1, 0.15) is 0 Å². The van der Waals surface area contributed by atoms with E-state index in [1.807, 2.05) is 74.5 Å². The number of amides is 2. The summed E-state index contributed by atoms with van der Waals surface area (Å²) in [7, 11) is 0. The van der Waals surface area contributed by atoms with Gasteiger partial charge in [-0.25, -0.2) is 4.79 Å². The summed E-state index contributed by atoms with van der Waals surface area (Å²) < 4.78 is 0. The Morgan fingerprint density at radius 1 is 0.815 bits per heavy atom. The highest BCUT2D eigenvalue weighted by Gasteiger charge is 2.11. The van der Waals surface area contributed by atoms with Crippen molar-refractivity contribution in [2.75, 3.05) is 10.6 Å². The number of hydrogen-bond donors (Lipinski definition) is 3. The molecule has 2 amide bonds. The second-order valence-corrected chi connectivity index (χ2v) is 6.71.